The van der Waals surface area contributed by atoms with E-state index in [-0.39, 0.29) is 23.2 Å². The topological polar surface area (TPSA) is 135 Å². The van der Waals surface area contributed by atoms with E-state index in [0.717, 1.165) is 35.9 Å². The highest BCUT2D eigenvalue weighted by Gasteiger charge is 2.35. The zero-order valence-corrected chi connectivity index (χ0v) is 33.1. The fourth-order valence-electron chi connectivity index (χ4n) is 6.49. The van der Waals surface area contributed by atoms with Crippen molar-refractivity contribution in [3.05, 3.63) is 83.2 Å². The van der Waals surface area contributed by atoms with Crippen molar-refractivity contribution in [2.75, 3.05) is 17.7 Å². The number of amides is 1. The lowest BCUT2D eigenvalue weighted by atomic mass is 9.97. The van der Waals surface area contributed by atoms with Crippen LogP contribution >= 0.6 is 0 Å². The van der Waals surface area contributed by atoms with Gasteiger partial charge in [-0.25, -0.2) is 31.9 Å². The molecule has 1 saturated carbocycles. The number of rotatable bonds is 8. The lowest BCUT2D eigenvalue weighted by molar-refractivity contribution is 0.0541. The molecule has 2 aromatic carbocycles. The molecule has 0 atom stereocenters. The maximum Gasteiger partial charge on any atom is 0.429 e. The second-order valence-corrected chi connectivity index (χ2v) is 17.5. The first-order valence-electron chi connectivity index (χ1n) is 17.6. The number of ether oxygens (including phenoxy) is 3. The first-order chi connectivity index (χ1) is 25.1. The number of anilines is 1. The molecular weight excluding hydrogens is 714 g/mol. The van der Waals surface area contributed by atoms with Gasteiger partial charge in [0, 0.05) is 39.9 Å². The van der Waals surface area contributed by atoms with Gasteiger partial charge >= 0.3 is 12.2 Å². The van der Waals surface area contributed by atoms with Gasteiger partial charge in [0.2, 0.25) is 10.0 Å². The van der Waals surface area contributed by atoms with Crippen LogP contribution < -0.4 is 9.04 Å². The smallest absolute Gasteiger partial charge is 0.429 e. The van der Waals surface area contributed by atoms with Crippen LogP contribution in [0.25, 0.3) is 33.3 Å². The number of sulfonamides is 1. The van der Waals surface area contributed by atoms with Gasteiger partial charge < -0.3 is 14.2 Å². The van der Waals surface area contributed by atoms with Crippen LogP contribution in [0.15, 0.2) is 54.7 Å². The zero-order chi connectivity index (χ0) is 39.5. The molecule has 0 N–H and O–H groups in total. The Morgan fingerprint density at radius 2 is 1.65 bits per heavy atom. The molecular formula is C40H46FN5O7S. The average Bonchev–Trinajstić information content (AvgIpc) is 3.77. The van der Waals surface area contributed by atoms with Gasteiger partial charge in [-0.1, -0.05) is 18.2 Å². The van der Waals surface area contributed by atoms with Gasteiger partial charge in [0.25, 0.3) is 0 Å². The summed E-state index contributed by atoms with van der Waals surface area (Å²) in [5.41, 5.74) is 4.26. The number of fused-ring (bicyclic) bond motifs is 1. The number of aromatic nitrogens is 4. The van der Waals surface area contributed by atoms with Crippen molar-refractivity contribution in [2.24, 2.45) is 0 Å². The van der Waals surface area contributed by atoms with Crippen molar-refractivity contribution in [3.63, 3.8) is 0 Å². The number of pyridine rings is 1. The summed E-state index contributed by atoms with van der Waals surface area (Å²) in [4.78, 5) is 32.4. The van der Waals surface area contributed by atoms with E-state index >= 15 is 0 Å². The molecule has 12 nitrogen and oxygen atoms in total. The fraction of sp³-hybridized carbons (Fsp3) is 0.400. The summed E-state index contributed by atoms with van der Waals surface area (Å²) in [7, 11) is -2.80. The highest BCUT2D eigenvalue weighted by atomic mass is 32.2. The molecule has 6 rings (SSSR count). The van der Waals surface area contributed by atoms with Crippen LogP contribution in [0.2, 0.25) is 0 Å². The molecule has 0 bridgehead atoms. The molecule has 1 aliphatic rings. The molecule has 0 radical (unpaired) electrons. The standard InChI is InChI=1S/C40H46FN5O7S/c1-23-34(24(2)45(43-23)21-25-12-11-13-28(41)18-25)31-22-44(37(47)52-39(3,4)5)36-30(31)20-29(35(42-36)26-14-15-26)27-16-17-33(51-9)32(19-27)46(54(10,49)50)38(48)53-40(6,7)8/h11-13,16-20,22,26H,14-15,21H2,1-10H3. The molecule has 1 aliphatic carbocycles. The molecule has 1 amide bonds. The third-order valence-electron chi connectivity index (χ3n) is 8.83. The minimum atomic E-state index is -4.19. The van der Waals surface area contributed by atoms with Crippen LogP contribution in [0.4, 0.5) is 19.7 Å². The van der Waals surface area contributed by atoms with Gasteiger partial charge in [-0.15, -0.1) is 0 Å². The van der Waals surface area contributed by atoms with Crippen molar-refractivity contribution < 1.29 is 36.6 Å². The molecule has 3 aromatic heterocycles. The van der Waals surface area contributed by atoms with Gasteiger partial charge in [0.1, 0.15) is 34.1 Å². The van der Waals surface area contributed by atoms with E-state index in [1.807, 2.05) is 26.0 Å². The number of nitrogens with zero attached hydrogens (tertiary/aromatic N) is 5. The van der Waals surface area contributed by atoms with Crippen molar-refractivity contribution in [1.29, 1.82) is 0 Å². The number of benzene rings is 2. The second-order valence-electron chi connectivity index (χ2n) is 15.7. The number of carbonyl (C=O) groups excluding carboxylic acids is 2. The Hall–Kier alpha value is -5.24. The van der Waals surface area contributed by atoms with Crippen molar-refractivity contribution >= 4 is 38.9 Å². The fourth-order valence-corrected chi connectivity index (χ4v) is 7.30. The minimum absolute atomic E-state index is 0.0227. The molecule has 3 heterocycles. The number of halogens is 1. The molecule has 0 unspecified atom stereocenters. The predicted molar refractivity (Wildman–Crippen MR) is 205 cm³/mol. The van der Waals surface area contributed by atoms with E-state index in [2.05, 4.69) is 0 Å². The number of aryl methyl sites for hydroxylation is 1. The maximum atomic E-state index is 14.1. The van der Waals surface area contributed by atoms with E-state index < -0.39 is 33.4 Å². The van der Waals surface area contributed by atoms with E-state index in [0.29, 0.717) is 50.0 Å². The number of carbonyl (C=O) groups is 2. The monoisotopic (exact) mass is 759 g/mol. The summed E-state index contributed by atoms with van der Waals surface area (Å²) >= 11 is 0. The normalized spacial score (nSPS) is 13.6. The maximum absolute atomic E-state index is 14.1. The lowest BCUT2D eigenvalue weighted by Crippen LogP contribution is -2.40. The average molecular weight is 760 g/mol. The Balaban J connectivity index is 1.59. The minimum Gasteiger partial charge on any atom is -0.495 e. The zero-order valence-electron chi connectivity index (χ0n) is 32.3. The van der Waals surface area contributed by atoms with Crippen LogP contribution in [0.1, 0.15) is 82.9 Å². The largest absolute Gasteiger partial charge is 0.495 e. The van der Waals surface area contributed by atoms with Crippen LogP contribution in [-0.4, -0.2) is 64.5 Å². The van der Waals surface area contributed by atoms with E-state index in [1.165, 1.54) is 23.8 Å². The van der Waals surface area contributed by atoms with E-state index in [4.69, 9.17) is 24.3 Å². The molecule has 286 valence electrons. The predicted octanol–water partition coefficient (Wildman–Crippen LogP) is 8.74. The van der Waals surface area contributed by atoms with Gasteiger partial charge in [-0.3, -0.25) is 4.68 Å². The Morgan fingerprint density at radius 1 is 0.963 bits per heavy atom. The SMILES string of the molecule is COc1ccc(-c2cc3c(-c4c(C)nn(Cc5cccc(F)c5)c4C)cn(C(=O)OC(C)(C)C)c3nc2C2CC2)cc1N(C(=O)OC(C)(C)C)S(C)(=O)=O. The first kappa shape index (κ1) is 38.5. The van der Waals surface area contributed by atoms with Crippen molar-refractivity contribution in [3.8, 4) is 28.0 Å². The Kier molecular flexibility index (Phi) is 9.89. The Labute approximate surface area is 314 Å². The van der Waals surface area contributed by atoms with Crippen LogP contribution in [-0.2, 0) is 26.0 Å². The van der Waals surface area contributed by atoms with Crippen LogP contribution in [0.5, 0.6) is 5.75 Å². The highest BCUT2D eigenvalue weighted by molar-refractivity contribution is 7.92. The lowest BCUT2D eigenvalue weighted by Gasteiger charge is -2.27. The molecule has 0 aliphatic heterocycles. The molecule has 1 fully saturated rings. The first-order valence-corrected chi connectivity index (χ1v) is 19.5. The number of hydrogen-bond donors (Lipinski definition) is 0. The van der Waals surface area contributed by atoms with Crippen LogP contribution in [0.3, 0.4) is 0 Å². The van der Waals surface area contributed by atoms with Gasteiger partial charge in [-0.2, -0.15) is 9.40 Å². The quantitative estimate of drug-likeness (QED) is 0.152. The summed E-state index contributed by atoms with van der Waals surface area (Å²) in [6, 6.07) is 13.3. The third kappa shape index (κ3) is 7.98. The molecule has 14 heteroatoms. The van der Waals surface area contributed by atoms with Gasteiger partial charge in [0.15, 0.2) is 0 Å². The summed E-state index contributed by atoms with van der Waals surface area (Å²) in [5.74, 6) is -0.118. The van der Waals surface area contributed by atoms with E-state index in [9.17, 15) is 22.4 Å². The molecule has 54 heavy (non-hydrogen) atoms. The summed E-state index contributed by atoms with van der Waals surface area (Å²) in [6.45, 7) is 14.5. The van der Waals surface area contributed by atoms with Crippen molar-refractivity contribution in [2.45, 2.75) is 91.9 Å². The number of methoxy groups -OCH3 is 1. The summed E-state index contributed by atoms with van der Waals surface area (Å²) < 4.78 is 61.2. The van der Waals surface area contributed by atoms with Crippen molar-refractivity contribution in [1.82, 2.24) is 19.3 Å². The van der Waals surface area contributed by atoms with Gasteiger partial charge in [-0.05, 0) is 110 Å². The van der Waals surface area contributed by atoms with Crippen LogP contribution in [0, 0.1) is 19.7 Å². The number of hydrogen-bond acceptors (Lipinski definition) is 9. The molecule has 5 aromatic rings. The van der Waals surface area contributed by atoms with Gasteiger partial charge in [0.05, 0.1) is 31.3 Å². The second kappa shape index (κ2) is 13.9. The Bertz CT molecular complexity index is 2400. The third-order valence-corrected chi connectivity index (χ3v) is 9.84. The van der Waals surface area contributed by atoms with E-state index in [1.54, 1.807) is 76.7 Å². The Morgan fingerprint density at radius 3 is 2.24 bits per heavy atom. The highest BCUT2D eigenvalue weighted by Crippen LogP contribution is 2.47. The molecule has 0 saturated heterocycles. The molecule has 0 spiro atoms. The summed E-state index contributed by atoms with van der Waals surface area (Å²) in [6.07, 6.45) is 2.70. The summed E-state index contributed by atoms with van der Waals surface area (Å²) in [5, 5.41) is 5.44.